The summed E-state index contributed by atoms with van der Waals surface area (Å²) in [4.78, 5) is 11.5. The van der Waals surface area contributed by atoms with Gasteiger partial charge in [-0.1, -0.05) is 146 Å². The monoisotopic (exact) mass is 1100 g/mol. The first-order chi connectivity index (χ1) is 41.2. The molecule has 0 fully saturated rings. The number of aryl methyl sites for hydroxylation is 6. The van der Waals surface area contributed by atoms with Gasteiger partial charge >= 0.3 is 0 Å². The van der Waals surface area contributed by atoms with E-state index in [4.69, 9.17) is 4.98 Å². The molecule has 0 bridgehead atoms. The Bertz CT molecular complexity index is 5250. The summed E-state index contributed by atoms with van der Waals surface area (Å²) >= 11 is 1.87. The molecule has 0 saturated carbocycles. The zero-order valence-corrected chi connectivity index (χ0v) is 48.3. The second-order valence-electron chi connectivity index (χ2n) is 22.9. The molecule has 400 valence electrons. The summed E-state index contributed by atoms with van der Waals surface area (Å²) in [5.74, 6) is 1.63. The quantitative estimate of drug-likeness (QED) is 0.166. The van der Waals surface area contributed by atoms with Gasteiger partial charge in [-0.05, 0) is 165 Å². The lowest BCUT2D eigenvalue weighted by atomic mass is 9.98. The van der Waals surface area contributed by atoms with Crippen LogP contribution in [0.4, 0.5) is 34.3 Å². The van der Waals surface area contributed by atoms with Crippen LogP contribution >= 0.6 is 11.3 Å². The molecule has 7 heteroatoms. The van der Waals surface area contributed by atoms with Crippen molar-refractivity contribution in [1.29, 1.82) is 0 Å². The minimum atomic E-state index is 0.804. The van der Waals surface area contributed by atoms with Crippen molar-refractivity contribution in [1.82, 2.24) is 18.7 Å². The predicted molar refractivity (Wildman–Crippen MR) is 357 cm³/mol. The van der Waals surface area contributed by atoms with Gasteiger partial charge in [-0.25, -0.2) is 4.98 Å². The molecule has 0 spiro atoms. The fourth-order valence-electron chi connectivity index (χ4n) is 14.5. The first-order valence-corrected chi connectivity index (χ1v) is 29.9. The summed E-state index contributed by atoms with van der Waals surface area (Å²) in [6.45, 7) is 13.6. The van der Waals surface area contributed by atoms with Gasteiger partial charge in [-0.15, -0.1) is 11.3 Å². The fourth-order valence-corrected chi connectivity index (χ4v) is 15.7. The molecule has 11 aromatic carbocycles. The van der Waals surface area contributed by atoms with Gasteiger partial charge in [0.25, 0.3) is 0 Å². The van der Waals surface area contributed by atoms with Crippen molar-refractivity contribution in [3.63, 3.8) is 0 Å². The van der Waals surface area contributed by atoms with Crippen LogP contribution in [0.2, 0.25) is 0 Å². The number of rotatable bonds is 6. The number of anilines is 6. The van der Waals surface area contributed by atoms with E-state index in [2.05, 4.69) is 296 Å². The average molecular weight is 1100 g/mol. The molecule has 0 unspecified atom stereocenters. The van der Waals surface area contributed by atoms with Gasteiger partial charge in [0.1, 0.15) is 11.4 Å². The van der Waals surface area contributed by atoms with Gasteiger partial charge in [-0.3, -0.25) is 9.47 Å². The van der Waals surface area contributed by atoms with Gasteiger partial charge in [0.15, 0.2) is 11.6 Å². The zero-order chi connectivity index (χ0) is 56.2. The molecule has 84 heavy (non-hydrogen) atoms. The van der Waals surface area contributed by atoms with Crippen molar-refractivity contribution < 1.29 is 0 Å². The molecular weight excluding hydrogens is 1040 g/mol. The maximum Gasteiger partial charge on any atom is 0.165 e. The van der Waals surface area contributed by atoms with Crippen LogP contribution in [-0.2, 0) is 0 Å². The maximum atomic E-state index is 6.64. The van der Waals surface area contributed by atoms with E-state index in [9.17, 15) is 0 Å². The van der Waals surface area contributed by atoms with Crippen LogP contribution in [0.5, 0.6) is 0 Å². The molecule has 16 aromatic rings. The van der Waals surface area contributed by atoms with Gasteiger partial charge in [0.05, 0.1) is 55.8 Å². The number of benzene rings is 11. The molecule has 1 aliphatic rings. The number of fused-ring (bicyclic) bond motifs is 14. The SMILES string of the molecule is Cc1cccc2c1c1c(C)cccc1n2-c1nc(N2c3ccccc3N(c3ccccc3)c3ccccc32)c(-n2c3cccc(C)c3c3c(C)cccc32)c(-c2ccc3c(c2)sc2ccccc23)c1-n1c2cccc(C)c2c2c(C)cccc21. The van der Waals surface area contributed by atoms with Crippen molar-refractivity contribution >= 4 is 131 Å². The first-order valence-electron chi connectivity index (χ1n) is 29.1. The van der Waals surface area contributed by atoms with E-state index in [1.54, 1.807) is 0 Å². The van der Waals surface area contributed by atoms with Crippen LogP contribution in [0.15, 0.2) is 231 Å². The highest BCUT2D eigenvalue weighted by Gasteiger charge is 2.38. The number of hydrogen-bond acceptors (Lipinski definition) is 4. The van der Waals surface area contributed by atoms with Gasteiger partial charge in [-0.2, -0.15) is 0 Å². The van der Waals surface area contributed by atoms with E-state index in [1.165, 1.54) is 85.9 Å². The van der Waals surface area contributed by atoms with E-state index >= 15 is 0 Å². The third-order valence-electron chi connectivity index (χ3n) is 18.1. The second kappa shape index (κ2) is 18.1. The molecule has 1 aliphatic heterocycles. The Morgan fingerprint density at radius 3 is 1.12 bits per heavy atom. The number of para-hydroxylation sites is 5. The molecule has 0 saturated heterocycles. The lowest BCUT2D eigenvalue weighted by molar-refractivity contribution is 0.991. The molecule has 0 amide bonds. The van der Waals surface area contributed by atoms with Gasteiger partial charge in [0, 0.05) is 63.7 Å². The van der Waals surface area contributed by atoms with Crippen molar-refractivity contribution in [2.45, 2.75) is 41.5 Å². The minimum absolute atomic E-state index is 0.804. The van der Waals surface area contributed by atoms with E-state index in [0.717, 1.165) is 95.7 Å². The Kier molecular flexibility index (Phi) is 10.5. The predicted octanol–water partition coefficient (Wildman–Crippen LogP) is 21.5. The van der Waals surface area contributed by atoms with Gasteiger partial charge < -0.3 is 14.0 Å². The number of hydrogen-bond donors (Lipinski definition) is 0. The largest absolute Gasteiger partial charge is 0.306 e. The topological polar surface area (TPSA) is 34.2 Å². The lowest BCUT2D eigenvalue weighted by Crippen LogP contribution is -2.26. The Balaban J connectivity index is 1.18. The molecular formula is C77H56N6S. The number of aromatic nitrogens is 4. The van der Waals surface area contributed by atoms with Crippen LogP contribution in [0, 0.1) is 41.5 Å². The molecule has 17 rings (SSSR count). The highest BCUT2D eigenvalue weighted by atomic mass is 32.1. The summed E-state index contributed by atoms with van der Waals surface area (Å²) < 4.78 is 10.2. The number of thiophene rings is 1. The van der Waals surface area contributed by atoms with Crippen LogP contribution < -0.4 is 9.80 Å². The standard InChI is InChI=1S/C77H56N6S/c1-45-22-16-35-59-67(45)68-46(2)23-17-36-60(68)80(59)74-73(51-42-43-54-53-30-10-15-41-65(53)84-66(54)44-51)75(81-61-37-18-24-47(3)69(61)70-48(4)25-19-38-62(70)81)77(83-63-39-20-26-49(5)71(63)72-50(6)27-21-40-64(72)83)78-76(74)82-57-33-13-11-31-55(57)79(52-28-8-7-9-29-52)56-32-12-14-34-58(56)82/h7-44H,1-6H3. The smallest absolute Gasteiger partial charge is 0.165 e. The third kappa shape index (κ3) is 6.70. The van der Waals surface area contributed by atoms with E-state index in [0.29, 0.717) is 0 Å². The van der Waals surface area contributed by atoms with Crippen LogP contribution in [0.25, 0.3) is 114 Å². The van der Waals surface area contributed by atoms with E-state index in [-0.39, 0.29) is 0 Å². The van der Waals surface area contributed by atoms with Crippen molar-refractivity contribution in [2.75, 3.05) is 9.80 Å². The normalized spacial score (nSPS) is 12.6. The molecule has 0 radical (unpaired) electrons. The van der Waals surface area contributed by atoms with Crippen LogP contribution in [0.1, 0.15) is 33.4 Å². The lowest BCUT2D eigenvalue weighted by Gasteiger charge is -2.41. The average Bonchev–Trinajstić information content (AvgIpc) is 1.48. The van der Waals surface area contributed by atoms with E-state index < -0.39 is 0 Å². The summed E-state index contributed by atoms with van der Waals surface area (Å²) in [5.41, 5.74) is 23.4. The summed E-state index contributed by atoms with van der Waals surface area (Å²) in [6.07, 6.45) is 0. The number of pyridine rings is 1. The summed E-state index contributed by atoms with van der Waals surface area (Å²) in [5, 5.41) is 9.92. The van der Waals surface area contributed by atoms with E-state index in [1.807, 2.05) is 11.3 Å². The molecule has 6 nitrogen and oxygen atoms in total. The van der Waals surface area contributed by atoms with Crippen molar-refractivity contribution in [3.05, 3.63) is 264 Å². The summed E-state index contributed by atoms with van der Waals surface area (Å²) in [6, 6.07) is 85.7. The van der Waals surface area contributed by atoms with Crippen molar-refractivity contribution in [3.8, 4) is 28.3 Å². The highest BCUT2D eigenvalue weighted by Crippen LogP contribution is 2.58. The molecule has 0 atom stereocenters. The van der Waals surface area contributed by atoms with Crippen LogP contribution in [0.3, 0.4) is 0 Å². The minimum Gasteiger partial charge on any atom is -0.306 e. The zero-order valence-electron chi connectivity index (χ0n) is 47.5. The Hall–Kier alpha value is -10.2. The summed E-state index contributed by atoms with van der Waals surface area (Å²) in [7, 11) is 0. The van der Waals surface area contributed by atoms with Crippen molar-refractivity contribution in [2.24, 2.45) is 0 Å². The maximum absolute atomic E-state index is 6.64. The third-order valence-corrected chi connectivity index (χ3v) is 19.2. The molecule has 6 heterocycles. The number of nitrogens with zero attached hydrogens (tertiary/aromatic N) is 6. The molecule has 0 aliphatic carbocycles. The first kappa shape index (κ1) is 48.5. The molecule has 5 aromatic heterocycles. The Labute approximate surface area is 490 Å². The fraction of sp³-hybridized carbons (Fsp3) is 0.0779. The highest BCUT2D eigenvalue weighted by molar-refractivity contribution is 7.25. The van der Waals surface area contributed by atoms with Crippen LogP contribution in [-0.4, -0.2) is 18.7 Å². The Morgan fingerprint density at radius 1 is 0.298 bits per heavy atom. The van der Waals surface area contributed by atoms with Gasteiger partial charge in [0.2, 0.25) is 0 Å². The molecule has 0 N–H and O–H groups in total. The second-order valence-corrected chi connectivity index (χ2v) is 24.0. The Morgan fingerprint density at radius 2 is 0.667 bits per heavy atom.